The number of rotatable bonds is 5. The minimum absolute atomic E-state index is 0.120. The summed E-state index contributed by atoms with van der Waals surface area (Å²) in [4.78, 5) is 19.9. The monoisotopic (exact) mass is 304 g/mol. The Kier molecular flexibility index (Phi) is 4.14. The largest absolute Gasteiger partial charge is 0.362 e. The fourth-order valence-electron chi connectivity index (χ4n) is 2.93. The number of thioether (sulfide) groups is 1. The Morgan fingerprint density at radius 3 is 2.81 bits per heavy atom. The molecule has 0 radical (unpaired) electrons. The third kappa shape index (κ3) is 3.20. The molecule has 21 heavy (non-hydrogen) atoms. The number of ketones is 1. The van der Waals surface area contributed by atoms with Crippen molar-refractivity contribution in [2.24, 2.45) is 0 Å². The van der Waals surface area contributed by atoms with Crippen LogP contribution in [0.1, 0.15) is 59.2 Å². The van der Waals surface area contributed by atoms with Crippen molar-refractivity contribution in [3.8, 4) is 0 Å². The summed E-state index contributed by atoms with van der Waals surface area (Å²) in [5.41, 5.74) is 2.72. The maximum Gasteiger partial charge on any atom is 0.208 e. The summed E-state index contributed by atoms with van der Waals surface area (Å²) in [6.45, 7) is 3.88. The number of aryl methyl sites for hydroxylation is 2. The van der Waals surface area contributed by atoms with Gasteiger partial charge in [-0.2, -0.15) is 0 Å². The lowest BCUT2D eigenvalue weighted by Gasteiger charge is -2.01. The summed E-state index contributed by atoms with van der Waals surface area (Å²) in [5.74, 6) is 2.00. The molecule has 1 fully saturated rings. The molecule has 0 unspecified atom stereocenters. The summed E-state index contributed by atoms with van der Waals surface area (Å²) >= 11 is 1.40. The molecule has 3 rings (SSSR count). The molecule has 0 bridgehead atoms. The fourth-order valence-corrected chi connectivity index (χ4v) is 3.61. The third-order valence-corrected chi connectivity index (χ3v) is 4.85. The van der Waals surface area contributed by atoms with E-state index < -0.39 is 0 Å². The van der Waals surface area contributed by atoms with Crippen LogP contribution in [-0.4, -0.2) is 31.7 Å². The molecule has 6 heteroatoms. The SMILES string of the molecule is Cc1cc(C(=O)CSc2n[nH]c(C3CCCC3)n2)c(C)[nH]1. The van der Waals surface area contributed by atoms with Crippen molar-refractivity contribution in [2.75, 3.05) is 5.75 Å². The second kappa shape index (κ2) is 6.05. The van der Waals surface area contributed by atoms with Gasteiger partial charge in [-0.25, -0.2) is 4.98 Å². The first-order chi connectivity index (χ1) is 10.1. The van der Waals surface area contributed by atoms with Crippen molar-refractivity contribution >= 4 is 17.5 Å². The van der Waals surface area contributed by atoms with Gasteiger partial charge >= 0.3 is 0 Å². The average molecular weight is 304 g/mol. The lowest BCUT2D eigenvalue weighted by Crippen LogP contribution is -2.03. The number of aromatic nitrogens is 4. The van der Waals surface area contributed by atoms with Crippen molar-refractivity contribution in [3.63, 3.8) is 0 Å². The van der Waals surface area contributed by atoms with E-state index in [0.29, 0.717) is 16.8 Å². The summed E-state index contributed by atoms with van der Waals surface area (Å²) in [6, 6.07) is 1.90. The molecule has 2 heterocycles. The summed E-state index contributed by atoms with van der Waals surface area (Å²) < 4.78 is 0. The molecule has 1 aliphatic rings. The first-order valence-corrected chi connectivity index (χ1v) is 8.36. The summed E-state index contributed by atoms with van der Waals surface area (Å²) in [5, 5.41) is 7.92. The molecule has 0 aromatic carbocycles. The molecule has 2 N–H and O–H groups in total. The van der Waals surface area contributed by atoms with Crippen LogP contribution in [0.5, 0.6) is 0 Å². The Morgan fingerprint density at radius 2 is 2.14 bits per heavy atom. The Hall–Kier alpha value is -1.56. The topological polar surface area (TPSA) is 74.4 Å². The molecule has 5 nitrogen and oxygen atoms in total. The van der Waals surface area contributed by atoms with Gasteiger partial charge in [-0.05, 0) is 32.8 Å². The number of nitrogens with one attached hydrogen (secondary N) is 2. The van der Waals surface area contributed by atoms with Gasteiger partial charge in [-0.1, -0.05) is 24.6 Å². The molecule has 2 aromatic rings. The number of hydrogen-bond donors (Lipinski definition) is 2. The van der Waals surface area contributed by atoms with Gasteiger partial charge in [-0.15, -0.1) is 5.10 Å². The smallest absolute Gasteiger partial charge is 0.208 e. The quantitative estimate of drug-likeness (QED) is 0.656. The van der Waals surface area contributed by atoms with Crippen molar-refractivity contribution in [3.05, 3.63) is 28.8 Å². The van der Waals surface area contributed by atoms with Crippen LogP contribution in [-0.2, 0) is 0 Å². The van der Waals surface area contributed by atoms with E-state index in [1.54, 1.807) is 0 Å². The highest BCUT2D eigenvalue weighted by Gasteiger charge is 2.21. The van der Waals surface area contributed by atoms with E-state index in [9.17, 15) is 4.79 Å². The van der Waals surface area contributed by atoms with Gasteiger partial charge in [0.25, 0.3) is 0 Å². The van der Waals surface area contributed by atoms with E-state index in [4.69, 9.17) is 0 Å². The molecular weight excluding hydrogens is 284 g/mol. The van der Waals surface area contributed by atoms with Crippen molar-refractivity contribution in [1.29, 1.82) is 0 Å². The second-order valence-electron chi connectivity index (χ2n) is 5.69. The molecule has 0 saturated heterocycles. The van der Waals surface area contributed by atoms with E-state index in [2.05, 4.69) is 20.2 Å². The van der Waals surface area contributed by atoms with Gasteiger partial charge in [-0.3, -0.25) is 9.89 Å². The maximum absolute atomic E-state index is 12.2. The highest BCUT2D eigenvalue weighted by molar-refractivity contribution is 7.99. The van der Waals surface area contributed by atoms with Gasteiger partial charge in [0.1, 0.15) is 5.82 Å². The number of carbonyl (C=O) groups is 1. The van der Waals surface area contributed by atoms with Crippen LogP contribution in [0, 0.1) is 13.8 Å². The zero-order valence-electron chi connectivity index (χ0n) is 12.4. The maximum atomic E-state index is 12.2. The first-order valence-electron chi connectivity index (χ1n) is 7.38. The summed E-state index contributed by atoms with van der Waals surface area (Å²) in [7, 11) is 0. The van der Waals surface area contributed by atoms with Gasteiger partial charge in [0, 0.05) is 22.9 Å². The normalized spacial score (nSPS) is 15.7. The summed E-state index contributed by atoms with van der Waals surface area (Å²) in [6.07, 6.45) is 4.94. The minimum atomic E-state index is 0.120. The Labute approximate surface area is 128 Å². The number of aromatic amines is 2. The zero-order chi connectivity index (χ0) is 14.8. The zero-order valence-corrected chi connectivity index (χ0v) is 13.2. The fraction of sp³-hybridized carbons (Fsp3) is 0.533. The predicted octanol–water partition coefficient (Wildman–Crippen LogP) is 3.38. The van der Waals surface area contributed by atoms with Crippen molar-refractivity contribution in [1.82, 2.24) is 20.2 Å². The van der Waals surface area contributed by atoms with Gasteiger partial charge < -0.3 is 4.98 Å². The molecule has 0 aliphatic heterocycles. The number of H-pyrrole nitrogens is 2. The van der Waals surface area contributed by atoms with Crippen LogP contribution >= 0.6 is 11.8 Å². The Balaban J connectivity index is 1.60. The van der Waals surface area contributed by atoms with Gasteiger partial charge in [0.15, 0.2) is 5.78 Å². The molecule has 1 saturated carbocycles. The van der Waals surface area contributed by atoms with E-state index >= 15 is 0 Å². The Morgan fingerprint density at radius 1 is 1.38 bits per heavy atom. The van der Waals surface area contributed by atoms with Crippen LogP contribution in [0.25, 0.3) is 0 Å². The Bertz CT molecular complexity index is 640. The first kappa shape index (κ1) is 14.4. The van der Waals surface area contributed by atoms with Crippen molar-refractivity contribution < 1.29 is 4.79 Å². The lowest BCUT2D eigenvalue weighted by atomic mass is 10.1. The highest BCUT2D eigenvalue weighted by Crippen LogP contribution is 2.32. The number of carbonyl (C=O) groups excluding carboxylic acids is 1. The number of nitrogens with zero attached hydrogens (tertiary/aromatic N) is 2. The molecule has 0 spiro atoms. The van der Waals surface area contributed by atoms with Gasteiger partial charge in [0.2, 0.25) is 5.16 Å². The van der Waals surface area contributed by atoms with E-state index in [1.165, 1.54) is 37.4 Å². The molecule has 112 valence electrons. The van der Waals surface area contributed by atoms with E-state index in [0.717, 1.165) is 22.8 Å². The van der Waals surface area contributed by atoms with E-state index in [1.807, 2.05) is 19.9 Å². The number of hydrogen-bond acceptors (Lipinski definition) is 4. The molecule has 1 aliphatic carbocycles. The lowest BCUT2D eigenvalue weighted by molar-refractivity contribution is 0.102. The van der Waals surface area contributed by atoms with Crippen LogP contribution in [0.4, 0.5) is 0 Å². The predicted molar refractivity (Wildman–Crippen MR) is 82.9 cm³/mol. The number of Topliss-reactive ketones (excluding diaryl/α,β-unsaturated/α-hetero) is 1. The van der Waals surface area contributed by atoms with E-state index in [-0.39, 0.29) is 5.78 Å². The van der Waals surface area contributed by atoms with Crippen LogP contribution in [0.15, 0.2) is 11.2 Å². The van der Waals surface area contributed by atoms with Crippen LogP contribution in [0.3, 0.4) is 0 Å². The van der Waals surface area contributed by atoms with Gasteiger partial charge in [0.05, 0.1) is 5.75 Å². The second-order valence-corrected chi connectivity index (χ2v) is 6.63. The standard InChI is InChI=1S/C15H20N4OS/c1-9-7-12(10(2)16-9)13(20)8-21-15-17-14(18-19-15)11-5-3-4-6-11/h7,11,16H,3-6,8H2,1-2H3,(H,17,18,19). The van der Waals surface area contributed by atoms with Crippen LogP contribution < -0.4 is 0 Å². The van der Waals surface area contributed by atoms with Crippen LogP contribution in [0.2, 0.25) is 0 Å². The minimum Gasteiger partial charge on any atom is -0.362 e. The van der Waals surface area contributed by atoms with Crippen molar-refractivity contribution in [2.45, 2.75) is 50.6 Å². The highest BCUT2D eigenvalue weighted by atomic mass is 32.2. The third-order valence-electron chi connectivity index (χ3n) is 4.01. The molecule has 0 atom stereocenters. The molecule has 2 aromatic heterocycles. The molecular formula is C15H20N4OS. The molecule has 0 amide bonds. The average Bonchev–Trinajstić information content (AvgIpc) is 3.15.